The number of hydrogen-bond donors (Lipinski definition) is 2. The monoisotopic (exact) mass is 305 g/mol. The number of aliphatic hydroxyl groups is 1. The van der Waals surface area contributed by atoms with Crippen LogP contribution in [0.5, 0.6) is 0 Å². The molecular weight excluding hydrogens is 286 g/mol. The number of ether oxygens (including phenoxy) is 2. The molecule has 1 fully saturated rings. The maximum atomic E-state index is 12.1. The van der Waals surface area contributed by atoms with Gasteiger partial charge in [-0.3, -0.25) is 0 Å². The van der Waals surface area contributed by atoms with Crippen molar-refractivity contribution >= 4 is 12.1 Å². The van der Waals surface area contributed by atoms with Crippen molar-refractivity contribution in [3.63, 3.8) is 0 Å². The third kappa shape index (κ3) is 4.60. The average molecular weight is 305 g/mol. The predicted molar refractivity (Wildman–Crippen MR) is 79.4 cm³/mol. The predicted octanol–water partition coefficient (Wildman–Crippen LogP) is 1.65. The molecule has 6 nitrogen and oxygen atoms in total. The molecule has 6 heteroatoms. The Labute approximate surface area is 128 Å². The minimum absolute atomic E-state index is 0.0300. The number of rotatable bonds is 7. The summed E-state index contributed by atoms with van der Waals surface area (Å²) in [5.74, 6) is -0.433. The van der Waals surface area contributed by atoms with Gasteiger partial charge in [-0.1, -0.05) is 30.4 Å². The molecule has 0 spiro atoms. The van der Waals surface area contributed by atoms with Crippen LogP contribution >= 0.6 is 0 Å². The van der Waals surface area contributed by atoms with Crippen LogP contribution in [-0.4, -0.2) is 42.5 Å². The van der Waals surface area contributed by atoms with E-state index in [1.54, 1.807) is 36.4 Å². The SMILES string of the molecule is O=C1N[C@@H]([C@H](CC/C=C\CO)OC(=O)c2ccccc2)CO1. The number of carbonyl (C=O) groups excluding carboxylic acids is 2. The first-order chi connectivity index (χ1) is 10.7. The van der Waals surface area contributed by atoms with E-state index in [0.717, 1.165) is 0 Å². The highest BCUT2D eigenvalue weighted by molar-refractivity contribution is 5.89. The fourth-order valence-corrected chi connectivity index (χ4v) is 2.18. The van der Waals surface area contributed by atoms with E-state index in [0.29, 0.717) is 18.4 Å². The molecule has 0 aromatic heterocycles. The molecule has 118 valence electrons. The molecule has 0 aliphatic carbocycles. The van der Waals surface area contributed by atoms with Gasteiger partial charge in [0.2, 0.25) is 0 Å². The largest absolute Gasteiger partial charge is 0.456 e. The van der Waals surface area contributed by atoms with Crippen molar-refractivity contribution in [2.75, 3.05) is 13.2 Å². The van der Waals surface area contributed by atoms with Crippen molar-refractivity contribution in [2.45, 2.75) is 25.0 Å². The van der Waals surface area contributed by atoms with E-state index in [-0.39, 0.29) is 19.3 Å². The highest BCUT2D eigenvalue weighted by atomic mass is 16.6. The number of nitrogens with one attached hydrogen (secondary N) is 1. The third-order valence-corrected chi connectivity index (χ3v) is 3.30. The van der Waals surface area contributed by atoms with Crippen LogP contribution < -0.4 is 5.32 Å². The lowest BCUT2D eigenvalue weighted by atomic mass is 10.1. The Hall–Kier alpha value is -2.34. The number of allylic oxidation sites excluding steroid dienone is 1. The maximum absolute atomic E-state index is 12.1. The van der Waals surface area contributed by atoms with Gasteiger partial charge in [-0.25, -0.2) is 9.59 Å². The normalized spacial score (nSPS) is 18.8. The molecule has 0 unspecified atom stereocenters. The molecule has 1 aliphatic heterocycles. The molecule has 1 amide bonds. The molecule has 0 bridgehead atoms. The fourth-order valence-electron chi connectivity index (χ4n) is 2.18. The maximum Gasteiger partial charge on any atom is 0.407 e. The summed E-state index contributed by atoms with van der Waals surface area (Å²) < 4.78 is 10.4. The molecule has 1 saturated heterocycles. The number of carbonyl (C=O) groups is 2. The molecule has 1 aliphatic rings. The van der Waals surface area contributed by atoms with E-state index in [9.17, 15) is 9.59 Å². The summed E-state index contributed by atoms with van der Waals surface area (Å²) in [5, 5.41) is 11.4. The van der Waals surface area contributed by atoms with Gasteiger partial charge in [0.1, 0.15) is 18.8 Å². The summed E-state index contributed by atoms with van der Waals surface area (Å²) in [7, 11) is 0. The Balaban J connectivity index is 1.98. The van der Waals surface area contributed by atoms with Gasteiger partial charge in [0, 0.05) is 0 Å². The van der Waals surface area contributed by atoms with Gasteiger partial charge in [-0.2, -0.15) is 0 Å². The Bertz CT molecular complexity index is 529. The van der Waals surface area contributed by atoms with Crippen LogP contribution in [-0.2, 0) is 9.47 Å². The number of esters is 1. The zero-order chi connectivity index (χ0) is 15.8. The van der Waals surface area contributed by atoms with Gasteiger partial charge in [0.15, 0.2) is 0 Å². The summed E-state index contributed by atoms with van der Waals surface area (Å²) in [6.45, 7) is 0.146. The van der Waals surface area contributed by atoms with Gasteiger partial charge in [-0.05, 0) is 25.0 Å². The Morgan fingerprint density at radius 1 is 1.41 bits per heavy atom. The summed E-state index contributed by atoms with van der Waals surface area (Å²) >= 11 is 0. The number of alkyl carbamates (subject to hydrolysis) is 1. The Morgan fingerprint density at radius 2 is 2.18 bits per heavy atom. The second kappa shape index (κ2) is 8.19. The molecule has 1 aromatic carbocycles. The van der Waals surface area contributed by atoms with E-state index in [1.807, 2.05) is 6.07 Å². The van der Waals surface area contributed by atoms with Crippen LogP contribution in [0.3, 0.4) is 0 Å². The second-order valence-corrected chi connectivity index (χ2v) is 4.89. The minimum atomic E-state index is -0.503. The molecular formula is C16H19NO5. The zero-order valence-electron chi connectivity index (χ0n) is 12.1. The van der Waals surface area contributed by atoms with Crippen molar-refractivity contribution < 1.29 is 24.2 Å². The number of cyclic esters (lactones) is 1. The highest BCUT2D eigenvalue weighted by Gasteiger charge is 2.32. The lowest BCUT2D eigenvalue weighted by Gasteiger charge is -2.21. The van der Waals surface area contributed by atoms with Gasteiger partial charge in [0.25, 0.3) is 0 Å². The van der Waals surface area contributed by atoms with Crippen LogP contribution in [0, 0.1) is 0 Å². The van der Waals surface area contributed by atoms with E-state index in [2.05, 4.69) is 5.32 Å². The van der Waals surface area contributed by atoms with E-state index in [1.165, 1.54) is 0 Å². The van der Waals surface area contributed by atoms with E-state index in [4.69, 9.17) is 14.6 Å². The van der Waals surface area contributed by atoms with Gasteiger partial charge in [0.05, 0.1) is 12.2 Å². The van der Waals surface area contributed by atoms with Crippen LogP contribution in [0.25, 0.3) is 0 Å². The standard InChI is InChI=1S/C16H19NO5/c18-10-6-2-5-9-14(13-11-21-16(20)17-13)22-15(19)12-7-3-1-4-8-12/h1-4,6-8,13-14,18H,5,9-11H2,(H,17,20)/b6-2-/t13-,14+/m1/s1. The molecule has 2 atom stereocenters. The molecule has 0 saturated carbocycles. The van der Waals surface area contributed by atoms with Crippen molar-refractivity contribution in [2.24, 2.45) is 0 Å². The summed E-state index contributed by atoms with van der Waals surface area (Å²) in [5.41, 5.74) is 0.462. The topological polar surface area (TPSA) is 84.9 Å². The first-order valence-electron chi connectivity index (χ1n) is 7.16. The van der Waals surface area contributed by atoms with Crippen LogP contribution in [0.2, 0.25) is 0 Å². The molecule has 2 rings (SSSR count). The lowest BCUT2D eigenvalue weighted by Crippen LogP contribution is -2.41. The fraction of sp³-hybridized carbons (Fsp3) is 0.375. The number of benzene rings is 1. The molecule has 1 aromatic rings. The van der Waals surface area contributed by atoms with Crippen molar-refractivity contribution in [3.8, 4) is 0 Å². The molecule has 2 N–H and O–H groups in total. The quantitative estimate of drug-likeness (QED) is 0.591. The van der Waals surface area contributed by atoms with Crippen LogP contribution in [0.1, 0.15) is 23.2 Å². The average Bonchev–Trinajstić information content (AvgIpc) is 2.97. The second-order valence-electron chi connectivity index (χ2n) is 4.89. The zero-order valence-corrected chi connectivity index (χ0v) is 12.1. The van der Waals surface area contributed by atoms with Crippen LogP contribution in [0.4, 0.5) is 4.79 Å². The van der Waals surface area contributed by atoms with Gasteiger partial charge < -0.3 is 19.9 Å². The lowest BCUT2D eigenvalue weighted by molar-refractivity contribution is 0.0189. The van der Waals surface area contributed by atoms with Crippen molar-refractivity contribution in [3.05, 3.63) is 48.0 Å². The Morgan fingerprint density at radius 3 is 2.82 bits per heavy atom. The smallest absolute Gasteiger partial charge is 0.407 e. The summed E-state index contributed by atoms with van der Waals surface area (Å²) in [4.78, 5) is 23.3. The first-order valence-corrected chi connectivity index (χ1v) is 7.16. The van der Waals surface area contributed by atoms with Gasteiger partial charge in [-0.15, -0.1) is 0 Å². The Kier molecular flexibility index (Phi) is 5.97. The summed E-state index contributed by atoms with van der Waals surface area (Å²) in [6.07, 6.45) is 3.60. The minimum Gasteiger partial charge on any atom is -0.456 e. The molecule has 0 radical (unpaired) electrons. The van der Waals surface area contributed by atoms with E-state index >= 15 is 0 Å². The van der Waals surface area contributed by atoms with Crippen molar-refractivity contribution in [1.82, 2.24) is 5.32 Å². The first kappa shape index (κ1) is 16.0. The number of amides is 1. The third-order valence-electron chi connectivity index (χ3n) is 3.30. The van der Waals surface area contributed by atoms with E-state index < -0.39 is 18.2 Å². The van der Waals surface area contributed by atoms with Crippen LogP contribution in [0.15, 0.2) is 42.5 Å². The van der Waals surface area contributed by atoms with Gasteiger partial charge >= 0.3 is 12.1 Å². The number of hydrogen-bond acceptors (Lipinski definition) is 5. The number of aliphatic hydroxyl groups excluding tert-OH is 1. The molecule has 1 heterocycles. The highest BCUT2D eigenvalue weighted by Crippen LogP contribution is 2.15. The molecule has 22 heavy (non-hydrogen) atoms. The van der Waals surface area contributed by atoms with Crippen molar-refractivity contribution in [1.29, 1.82) is 0 Å². The summed E-state index contributed by atoms with van der Waals surface area (Å²) in [6, 6.07) is 8.33.